The van der Waals surface area contributed by atoms with Gasteiger partial charge in [-0.05, 0) is 13.0 Å². The van der Waals surface area contributed by atoms with E-state index in [0.29, 0.717) is 22.8 Å². The maximum Gasteiger partial charge on any atom is 0.222 e. The molecule has 3 N–H and O–H groups in total. The third-order valence-electron chi connectivity index (χ3n) is 4.11. The summed E-state index contributed by atoms with van der Waals surface area (Å²) >= 11 is 0. The second-order valence-electron chi connectivity index (χ2n) is 7.25. The van der Waals surface area contributed by atoms with Crippen LogP contribution in [-0.4, -0.2) is 58.1 Å². The second-order valence-corrected chi connectivity index (χ2v) is 9.22. The Bertz CT molecular complexity index is 1240. The molecule has 3 heterocycles. The molecule has 1 atom stereocenters. The number of aryl methyl sites for hydroxylation is 1. The Balaban J connectivity index is 2.07. The minimum atomic E-state index is -3.64. The van der Waals surface area contributed by atoms with Gasteiger partial charge in [-0.15, -0.1) is 0 Å². The Morgan fingerprint density at radius 3 is 2.62 bits per heavy atom. The monoisotopic (exact) mass is 460 g/mol. The number of aliphatic hydroxyl groups is 1. The smallest absolute Gasteiger partial charge is 0.222 e. The first kappa shape index (κ1) is 23.2. The summed E-state index contributed by atoms with van der Waals surface area (Å²) in [7, 11) is -1.86. The normalized spacial score (nSPS) is 12.3. The number of sulfone groups is 1. The first-order valence-corrected chi connectivity index (χ1v) is 11.5. The number of nitrogens with one attached hydrogen (secondary N) is 2. The molecule has 170 valence electrons. The summed E-state index contributed by atoms with van der Waals surface area (Å²) in [6.45, 7) is 2.90. The Morgan fingerprint density at radius 1 is 1.28 bits per heavy atom. The van der Waals surface area contributed by atoms with E-state index < -0.39 is 15.9 Å². The minimum Gasteiger partial charge on any atom is -0.491 e. The van der Waals surface area contributed by atoms with Crippen molar-refractivity contribution in [3.05, 3.63) is 36.7 Å². The third-order valence-corrected chi connectivity index (χ3v) is 5.08. The summed E-state index contributed by atoms with van der Waals surface area (Å²) < 4.78 is 31.4. The van der Waals surface area contributed by atoms with Crippen molar-refractivity contribution in [2.24, 2.45) is 7.05 Å². The molecule has 0 aliphatic heterocycles. The molecular weight excluding hydrogens is 436 g/mol. The number of ether oxygens (including phenoxy) is 1. The van der Waals surface area contributed by atoms with Crippen LogP contribution in [0.25, 0.3) is 11.3 Å². The number of aliphatic hydroxyl groups excluding tert-OH is 1. The number of carbonyl (C=O) groups excluding carboxylic acids is 1. The quantitative estimate of drug-likeness (QED) is 0.457. The van der Waals surface area contributed by atoms with Crippen LogP contribution in [0.4, 0.5) is 17.3 Å². The lowest BCUT2D eigenvalue weighted by atomic mass is 10.1. The van der Waals surface area contributed by atoms with Crippen LogP contribution in [0.2, 0.25) is 0 Å². The van der Waals surface area contributed by atoms with Crippen molar-refractivity contribution in [1.29, 1.82) is 0 Å². The Kier molecular flexibility index (Phi) is 6.75. The van der Waals surface area contributed by atoms with Crippen molar-refractivity contribution in [3.8, 4) is 17.0 Å². The van der Waals surface area contributed by atoms with Crippen LogP contribution in [0.5, 0.6) is 5.75 Å². The average molecular weight is 461 g/mol. The van der Waals surface area contributed by atoms with Crippen molar-refractivity contribution in [3.63, 3.8) is 0 Å². The van der Waals surface area contributed by atoms with E-state index in [1.165, 1.54) is 19.1 Å². The predicted octanol–water partition coefficient (Wildman–Crippen LogP) is 1.74. The summed E-state index contributed by atoms with van der Waals surface area (Å²) in [5.74, 6) is 0.412. The fourth-order valence-electron chi connectivity index (χ4n) is 2.74. The van der Waals surface area contributed by atoms with E-state index in [4.69, 9.17) is 4.74 Å². The molecule has 32 heavy (non-hydrogen) atoms. The van der Waals surface area contributed by atoms with E-state index in [-0.39, 0.29) is 29.1 Å². The molecule has 0 fully saturated rings. The molecule has 3 aromatic rings. The summed E-state index contributed by atoms with van der Waals surface area (Å²) in [5.41, 5.74) is 1.71. The maximum atomic E-state index is 12.1. The highest BCUT2D eigenvalue weighted by Crippen LogP contribution is 2.31. The van der Waals surface area contributed by atoms with Gasteiger partial charge < -0.3 is 20.5 Å². The van der Waals surface area contributed by atoms with Gasteiger partial charge in [0.2, 0.25) is 5.91 Å². The highest BCUT2D eigenvalue weighted by Gasteiger charge is 2.16. The molecule has 0 spiro atoms. The van der Waals surface area contributed by atoms with Crippen LogP contribution in [0, 0.1) is 0 Å². The van der Waals surface area contributed by atoms with Gasteiger partial charge in [0, 0.05) is 56.4 Å². The number of carbonyl (C=O) groups is 1. The number of pyridine rings is 2. The molecule has 0 aliphatic carbocycles. The van der Waals surface area contributed by atoms with Gasteiger partial charge in [0.1, 0.15) is 24.0 Å². The van der Waals surface area contributed by atoms with Gasteiger partial charge in [0.15, 0.2) is 14.9 Å². The molecule has 0 saturated carbocycles. The van der Waals surface area contributed by atoms with Gasteiger partial charge >= 0.3 is 0 Å². The molecular formula is C20H24N6O5S. The first-order chi connectivity index (χ1) is 15.0. The molecule has 0 bridgehead atoms. The highest BCUT2D eigenvalue weighted by molar-refractivity contribution is 7.90. The molecule has 0 aliphatic rings. The molecule has 1 unspecified atom stereocenters. The number of hydrogen-bond donors (Lipinski definition) is 3. The van der Waals surface area contributed by atoms with Crippen LogP contribution in [-0.2, 0) is 21.7 Å². The molecule has 1 amide bonds. The number of anilines is 3. The molecule has 11 nitrogen and oxygen atoms in total. The molecule has 0 radical (unpaired) electrons. The van der Waals surface area contributed by atoms with Crippen LogP contribution in [0.15, 0.2) is 41.7 Å². The maximum absolute atomic E-state index is 12.1. The second kappa shape index (κ2) is 9.32. The van der Waals surface area contributed by atoms with E-state index >= 15 is 0 Å². The predicted molar refractivity (Wildman–Crippen MR) is 119 cm³/mol. The van der Waals surface area contributed by atoms with E-state index in [0.717, 1.165) is 6.26 Å². The number of rotatable bonds is 8. The number of nitrogens with zero attached hydrogens (tertiary/aromatic N) is 4. The van der Waals surface area contributed by atoms with Crippen LogP contribution >= 0.6 is 0 Å². The zero-order chi connectivity index (χ0) is 23.5. The standard InChI is InChI=1S/C20H24N6O5S/c1-12(27)11-31-14-7-19(24-20(8-14)32(4,29)30)23-17-9-18(22-13(2)28)21-10-15(17)16-5-6-26(3)25-16/h5-10,12,27H,11H2,1-4H3,(H2,21,22,23,24,28). The summed E-state index contributed by atoms with van der Waals surface area (Å²) in [4.78, 5) is 19.9. The minimum absolute atomic E-state index is 0.0201. The fraction of sp³-hybridized carbons (Fsp3) is 0.300. The van der Waals surface area contributed by atoms with Crippen molar-refractivity contribution < 1.29 is 23.1 Å². The van der Waals surface area contributed by atoms with Crippen LogP contribution < -0.4 is 15.4 Å². The third kappa shape index (κ3) is 6.02. The number of amides is 1. The van der Waals surface area contributed by atoms with Crippen molar-refractivity contribution in [2.75, 3.05) is 23.5 Å². The van der Waals surface area contributed by atoms with Gasteiger partial charge in [0.05, 0.1) is 17.5 Å². The van der Waals surface area contributed by atoms with E-state index in [2.05, 4.69) is 25.7 Å². The summed E-state index contributed by atoms with van der Waals surface area (Å²) in [5, 5.41) is 19.4. The van der Waals surface area contributed by atoms with Gasteiger partial charge in [-0.2, -0.15) is 5.10 Å². The Hall–Kier alpha value is -3.51. The molecule has 12 heteroatoms. The highest BCUT2D eigenvalue weighted by atomic mass is 32.2. The van der Waals surface area contributed by atoms with Crippen LogP contribution in [0.3, 0.4) is 0 Å². The van der Waals surface area contributed by atoms with Crippen molar-refractivity contribution >= 4 is 33.1 Å². The van der Waals surface area contributed by atoms with Gasteiger partial charge in [0.25, 0.3) is 0 Å². The number of hydrogen-bond acceptors (Lipinski definition) is 9. The Labute approximate surface area is 185 Å². The van der Waals surface area contributed by atoms with E-state index in [1.807, 2.05) is 0 Å². The zero-order valence-corrected chi connectivity index (χ0v) is 18.8. The molecule has 3 rings (SSSR count). The van der Waals surface area contributed by atoms with Gasteiger partial charge in [-0.1, -0.05) is 0 Å². The molecule has 0 saturated heterocycles. The zero-order valence-electron chi connectivity index (χ0n) is 18.0. The van der Waals surface area contributed by atoms with Crippen LogP contribution in [0.1, 0.15) is 13.8 Å². The number of aromatic nitrogens is 4. The summed E-state index contributed by atoms with van der Waals surface area (Å²) in [6, 6.07) is 6.18. The van der Waals surface area contributed by atoms with E-state index in [1.54, 1.807) is 43.2 Å². The topological polar surface area (TPSA) is 148 Å². The largest absolute Gasteiger partial charge is 0.491 e. The van der Waals surface area contributed by atoms with Crippen molar-refractivity contribution in [1.82, 2.24) is 19.7 Å². The molecule has 0 aromatic carbocycles. The fourth-order valence-corrected chi connectivity index (χ4v) is 3.34. The van der Waals surface area contributed by atoms with Crippen molar-refractivity contribution in [2.45, 2.75) is 25.0 Å². The molecule has 3 aromatic heterocycles. The average Bonchev–Trinajstić information content (AvgIpc) is 3.11. The first-order valence-electron chi connectivity index (χ1n) is 9.59. The lowest BCUT2D eigenvalue weighted by Gasteiger charge is -2.15. The summed E-state index contributed by atoms with van der Waals surface area (Å²) in [6.07, 6.45) is 3.61. The lowest BCUT2D eigenvalue weighted by Crippen LogP contribution is -2.13. The van der Waals surface area contributed by atoms with E-state index in [9.17, 15) is 18.3 Å². The Morgan fingerprint density at radius 2 is 2.03 bits per heavy atom. The van der Waals surface area contributed by atoms with Gasteiger partial charge in [-0.3, -0.25) is 9.48 Å². The van der Waals surface area contributed by atoms with Gasteiger partial charge in [-0.25, -0.2) is 18.4 Å². The SMILES string of the molecule is CC(=O)Nc1cc(Nc2cc(OCC(C)O)cc(S(C)(=O)=O)n2)c(-c2ccn(C)n2)cn1. The lowest BCUT2D eigenvalue weighted by molar-refractivity contribution is -0.114.